The molecule has 1 N–H and O–H groups in total. The second kappa shape index (κ2) is 7.77. The molecule has 1 aliphatic rings. The van der Waals surface area contributed by atoms with Crippen molar-refractivity contribution in [1.82, 2.24) is 14.8 Å². The molecular weight excluding hydrogens is 288 g/mol. The molecule has 0 atom stereocenters. The first-order valence-electron chi connectivity index (χ1n) is 8.63. The summed E-state index contributed by atoms with van der Waals surface area (Å²) in [5.74, 6) is 1.26. The lowest BCUT2D eigenvalue weighted by Crippen LogP contribution is -2.25. The Morgan fingerprint density at radius 1 is 1.35 bits per heavy atom. The first kappa shape index (κ1) is 17.7. The van der Waals surface area contributed by atoms with Gasteiger partial charge in [0, 0.05) is 45.8 Å². The number of aromatic nitrogens is 1. The van der Waals surface area contributed by atoms with Gasteiger partial charge in [-0.2, -0.15) is 0 Å². The number of hydrogen-bond donors (Lipinski definition) is 1. The molecule has 5 heteroatoms. The molecule has 1 aromatic rings. The monoisotopic (exact) mass is 318 g/mol. The maximum atomic E-state index is 12.5. The van der Waals surface area contributed by atoms with Gasteiger partial charge in [0.05, 0.1) is 5.56 Å². The Hall–Kier alpha value is -1.62. The van der Waals surface area contributed by atoms with Gasteiger partial charge >= 0.3 is 0 Å². The second-order valence-electron chi connectivity index (χ2n) is 6.90. The normalized spacial score (nSPS) is 15.2. The third-order valence-electron chi connectivity index (χ3n) is 4.31. The number of fused-ring (bicyclic) bond motifs is 1. The molecule has 0 bridgehead atoms. The van der Waals surface area contributed by atoms with Crippen LogP contribution in [0.15, 0.2) is 6.07 Å². The summed E-state index contributed by atoms with van der Waals surface area (Å²) in [5.41, 5.74) is 3.06. The maximum absolute atomic E-state index is 12.5. The van der Waals surface area contributed by atoms with Crippen molar-refractivity contribution < 1.29 is 4.79 Å². The van der Waals surface area contributed by atoms with Gasteiger partial charge in [-0.1, -0.05) is 20.8 Å². The van der Waals surface area contributed by atoms with Crippen molar-refractivity contribution in [2.75, 3.05) is 45.6 Å². The summed E-state index contributed by atoms with van der Waals surface area (Å²) < 4.78 is 0. The number of nitrogens with zero attached hydrogens (tertiary/aromatic N) is 3. The maximum Gasteiger partial charge on any atom is 0.257 e. The van der Waals surface area contributed by atoms with Crippen molar-refractivity contribution in [3.63, 3.8) is 0 Å². The molecule has 0 unspecified atom stereocenters. The van der Waals surface area contributed by atoms with Gasteiger partial charge in [0.2, 0.25) is 0 Å². The van der Waals surface area contributed by atoms with E-state index in [4.69, 9.17) is 4.98 Å². The average molecular weight is 318 g/mol. The number of carbonyl (C=O) groups excluding carboxylic acids is 1. The van der Waals surface area contributed by atoms with E-state index in [-0.39, 0.29) is 5.91 Å². The molecule has 0 fully saturated rings. The van der Waals surface area contributed by atoms with Crippen LogP contribution in [0, 0.1) is 5.92 Å². The Kier molecular flexibility index (Phi) is 5.99. The molecule has 128 valence electrons. The summed E-state index contributed by atoms with van der Waals surface area (Å²) in [6, 6.07) is 2.06. The number of pyridine rings is 1. The van der Waals surface area contributed by atoms with E-state index in [0.717, 1.165) is 50.5 Å². The summed E-state index contributed by atoms with van der Waals surface area (Å²) in [5, 5.41) is 3.37. The lowest BCUT2D eigenvalue weighted by Gasteiger charge is -2.18. The quantitative estimate of drug-likeness (QED) is 0.905. The molecule has 0 radical (unpaired) electrons. The van der Waals surface area contributed by atoms with Crippen LogP contribution < -0.4 is 5.32 Å². The van der Waals surface area contributed by atoms with Crippen molar-refractivity contribution >= 4 is 11.7 Å². The standard InChI is InChI=1S/C18H30N4O/c1-6-22-9-7-14-11-15(18(23)21(4)5)17(19-12-13(2)3)20-16(14)8-10-22/h11,13H,6-10,12H2,1-5H3,(H,19,20). The van der Waals surface area contributed by atoms with Crippen molar-refractivity contribution in [3.8, 4) is 0 Å². The lowest BCUT2D eigenvalue weighted by molar-refractivity contribution is 0.0828. The van der Waals surface area contributed by atoms with Crippen molar-refractivity contribution in [2.24, 2.45) is 5.92 Å². The van der Waals surface area contributed by atoms with Crippen LogP contribution in [-0.2, 0) is 12.8 Å². The Morgan fingerprint density at radius 3 is 2.65 bits per heavy atom. The molecule has 0 aromatic carbocycles. The van der Waals surface area contributed by atoms with E-state index in [1.807, 2.05) is 0 Å². The summed E-state index contributed by atoms with van der Waals surface area (Å²) in [6.07, 6.45) is 1.92. The summed E-state index contributed by atoms with van der Waals surface area (Å²) in [7, 11) is 3.58. The van der Waals surface area contributed by atoms with Crippen LogP contribution in [0.25, 0.3) is 0 Å². The van der Waals surface area contributed by atoms with Gasteiger partial charge in [0.1, 0.15) is 5.82 Å². The minimum absolute atomic E-state index is 0.0168. The molecule has 0 aliphatic carbocycles. The SMILES string of the molecule is CCN1CCc2cc(C(=O)N(C)C)c(NCC(C)C)nc2CC1. The smallest absolute Gasteiger partial charge is 0.257 e. The number of likely N-dealkylation sites (N-methyl/N-ethyl adjacent to an activating group) is 1. The fraction of sp³-hybridized carbons (Fsp3) is 0.667. The van der Waals surface area contributed by atoms with Crippen molar-refractivity contribution in [3.05, 3.63) is 22.9 Å². The first-order chi connectivity index (χ1) is 10.9. The van der Waals surface area contributed by atoms with E-state index in [1.54, 1.807) is 19.0 Å². The van der Waals surface area contributed by atoms with Gasteiger partial charge in [-0.05, 0) is 30.5 Å². The largest absolute Gasteiger partial charge is 0.369 e. The van der Waals surface area contributed by atoms with Gasteiger partial charge in [0.25, 0.3) is 5.91 Å². The number of nitrogens with one attached hydrogen (secondary N) is 1. The summed E-state index contributed by atoms with van der Waals surface area (Å²) in [4.78, 5) is 21.4. The molecule has 1 amide bonds. The zero-order valence-electron chi connectivity index (χ0n) is 15.1. The second-order valence-corrected chi connectivity index (χ2v) is 6.90. The van der Waals surface area contributed by atoms with E-state index < -0.39 is 0 Å². The van der Waals surface area contributed by atoms with Crippen LogP contribution in [0.2, 0.25) is 0 Å². The molecule has 1 aliphatic heterocycles. The zero-order chi connectivity index (χ0) is 17.0. The van der Waals surface area contributed by atoms with Crippen molar-refractivity contribution in [1.29, 1.82) is 0 Å². The van der Waals surface area contributed by atoms with Crippen LogP contribution in [0.1, 0.15) is 42.4 Å². The number of amides is 1. The van der Waals surface area contributed by atoms with Gasteiger partial charge in [-0.15, -0.1) is 0 Å². The van der Waals surface area contributed by atoms with Gasteiger partial charge in [0.15, 0.2) is 0 Å². The van der Waals surface area contributed by atoms with E-state index in [1.165, 1.54) is 5.56 Å². The van der Waals surface area contributed by atoms with Crippen LogP contribution in [0.3, 0.4) is 0 Å². The van der Waals surface area contributed by atoms with E-state index >= 15 is 0 Å². The number of carbonyl (C=O) groups is 1. The van der Waals surface area contributed by atoms with Crippen LogP contribution in [0.4, 0.5) is 5.82 Å². The van der Waals surface area contributed by atoms with Gasteiger partial charge in [-0.3, -0.25) is 4.79 Å². The van der Waals surface area contributed by atoms with Crippen LogP contribution in [0.5, 0.6) is 0 Å². The van der Waals surface area contributed by atoms with E-state index in [0.29, 0.717) is 11.5 Å². The Balaban J connectivity index is 2.36. The molecule has 0 saturated heterocycles. The minimum Gasteiger partial charge on any atom is -0.369 e. The molecule has 1 aromatic heterocycles. The zero-order valence-corrected chi connectivity index (χ0v) is 15.1. The molecule has 0 spiro atoms. The van der Waals surface area contributed by atoms with Gasteiger partial charge < -0.3 is 15.1 Å². The summed E-state index contributed by atoms with van der Waals surface area (Å²) in [6.45, 7) is 10.5. The van der Waals surface area contributed by atoms with E-state index in [2.05, 4.69) is 37.1 Å². The van der Waals surface area contributed by atoms with Crippen molar-refractivity contribution in [2.45, 2.75) is 33.6 Å². The predicted octanol–water partition coefficient (Wildman–Crippen LogP) is 2.27. The molecular formula is C18H30N4O. The number of anilines is 1. The highest BCUT2D eigenvalue weighted by molar-refractivity contribution is 5.98. The highest BCUT2D eigenvalue weighted by Crippen LogP contribution is 2.23. The highest BCUT2D eigenvalue weighted by atomic mass is 16.2. The Bertz CT molecular complexity index is 554. The molecule has 2 rings (SSSR count). The Morgan fingerprint density at radius 2 is 2.04 bits per heavy atom. The third kappa shape index (κ3) is 4.44. The highest BCUT2D eigenvalue weighted by Gasteiger charge is 2.21. The number of hydrogen-bond acceptors (Lipinski definition) is 4. The third-order valence-corrected chi connectivity index (χ3v) is 4.31. The topological polar surface area (TPSA) is 48.5 Å². The number of rotatable bonds is 5. The predicted molar refractivity (Wildman–Crippen MR) is 95.1 cm³/mol. The van der Waals surface area contributed by atoms with Crippen LogP contribution >= 0.6 is 0 Å². The summed E-state index contributed by atoms with van der Waals surface area (Å²) >= 11 is 0. The molecule has 5 nitrogen and oxygen atoms in total. The van der Waals surface area contributed by atoms with Gasteiger partial charge in [-0.25, -0.2) is 4.98 Å². The fourth-order valence-corrected chi connectivity index (χ4v) is 2.84. The van der Waals surface area contributed by atoms with E-state index in [9.17, 15) is 4.79 Å². The average Bonchev–Trinajstić information content (AvgIpc) is 2.72. The lowest BCUT2D eigenvalue weighted by atomic mass is 10.0. The Labute approximate surface area is 140 Å². The first-order valence-corrected chi connectivity index (χ1v) is 8.63. The minimum atomic E-state index is 0.0168. The molecule has 2 heterocycles. The molecule has 0 saturated carbocycles. The van der Waals surface area contributed by atoms with Crippen LogP contribution in [-0.4, -0.2) is 61.0 Å². The molecule has 23 heavy (non-hydrogen) atoms. The fourth-order valence-electron chi connectivity index (χ4n) is 2.84.